The molecule has 4 nitrogen and oxygen atoms in total. The fourth-order valence-electron chi connectivity index (χ4n) is 2.00. The van der Waals surface area contributed by atoms with Crippen LogP contribution in [0.2, 0.25) is 0 Å². The van der Waals surface area contributed by atoms with Crippen molar-refractivity contribution in [3.8, 4) is 10.6 Å². The highest BCUT2D eigenvalue weighted by atomic mass is 32.1. The van der Waals surface area contributed by atoms with Crippen molar-refractivity contribution >= 4 is 24.0 Å². The Hall–Kier alpha value is -1.24. The minimum absolute atomic E-state index is 0.340. The van der Waals surface area contributed by atoms with Gasteiger partial charge in [-0.15, -0.1) is 11.3 Å². The number of thiazole rings is 1. The van der Waals surface area contributed by atoms with E-state index in [0.717, 1.165) is 16.2 Å². The number of rotatable bonds is 2. The van der Waals surface area contributed by atoms with Crippen LogP contribution in [0.1, 0.15) is 27.7 Å². The Morgan fingerprint density at radius 1 is 1.05 bits per heavy atom. The maximum absolute atomic E-state index is 5.98. The monoisotopic (exact) mass is 288 g/mol. The Kier molecular flexibility index (Phi) is 3.19. The Bertz CT molecular complexity index is 580. The van der Waals surface area contributed by atoms with Crippen LogP contribution >= 0.6 is 11.3 Å². The van der Waals surface area contributed by atoms with E-state index in [9.17, 15) is 0 Å². The molecule has 0 amide bonds. The minimum atomic E-state index is -0.412. The van der Waals surface area contributed by atoms with E-state index >= 15 is 0 Å². The van der Waals surface area contributed by atoms with Crippen molar-refractivity contribution in [3.05, 3.63) is 29.9 Å². The molecule has 1 aliphatic heterocycles. The van der Waals surface area contributed by atoms with Crippen molar-refractivity contribution in [2.24, 2.45) is 0 Å². The molecule has 0 aliphatic carbocycles. The zero-order valence-corrected chi connectivity index (χ0v) is 12.9. The van der Waals surface area contributed by atoms with Gasteiger partial charge in [0.05, 0.1) is 16.8 Å². The summed E-state index contributed by atoms with van der Waals surface area (Å²) in [5.41, 5.74) is 1.13. The molecule has 0 saturated carbocycles. The molecule has 0 unspecified atom stereocenters. The summed E-state index contributed by atoms with van der Waals surface area (Å²) < 4.78 is 12.0. The first-order valence-corrected chi connectivity index (χ1v) is 7.48. The predicted octanol–water partition coefficient (Wildman–Crippen LogP) is 2.50. The number of hydrogen-bond donors (Lipinski definition) is 0. The normalized spacial score (nSPS) is 20.3. The van der Waals surface area contributed by atoms with Gasteiger partial charge in [-0.1, -0.05) is 0 Å². The lowest BCUT2D eigenvalue weighted by Crippen LogP contribution is -2.41. The van der Waals surface area contributed by atoms with E-state index < -0.39 is 7.12 Å². The maximum Gasteiger partial charge on any atom is 0.514 e. The average Bonchev–Trinajstić information content (AvgIpc) is 2.97. The predicted molar refractivity (Wildman–Crippen MR) is 81.1 cm³/mol. The molecule has 0 N–H and O–H groups in total. The number of aromatic nitrogens is 2. The molecule has 1 fully saturated rings. The highest BCUT2D eigenvalue weighted by Gasteiger charge is 2.52. The molecule has 0 atom stereocenters. The van der Waals surface area contributed by atoms with Crippen LogP contribution in [-0.2, 0) is 9.31 Å². The Balaban J connectivity index is 1.83. The fourth-order valence-corrected chi connectivity index (χ4v) is 2.63. The van der Waals surface area contributed by atoms with Gasteiger partial charge in [0.2, 0.25) is 0 Å². The van der Waals surface area contributed by atoms with Crippen molar-refractivity contribution < 1.29 is 9.31 Å². The zero-order valence-electron chi connectivity index (χ0n) is 12.1. The molecule has 104 valence electrons. The van der Waals surface area contributed by atoms with Gasteiger partial charge in [0.25, 0.3) is 0 Å². The van der Waals surface area contributed by atoms with Crippen molar-refractivity contribution in [3.63, 3.8) is 0 Å². The van der Waals surface area contributed by atoms with E-state index in [-0.39, 0.29) is 11.2 Å². The van der Waals surface area contributed by atoms with E-state index in [1.807, 2.05) is 51.4 Å². The zero-order chi connectivity index (χ0) is 14.4. The highest BCUT2D eigenvalue weighted by Crippen LogP contribution is 2.36. The summed E-state index contributed by atoms with van der Waals surface area (Å²) in [6.45, 7) is 8.15. The largest absolute Gasteiger partial charge is 0.514 e. The topological polar surface area (TPSA) is 44.2 Å². The summed E-state index contributed by atoms with van der Waals surface area (Å²) in [5, 5.41) is 2.93. The van der Waals surface area contributed by atoms with Crippen LogP contribution < -0.4 is 5.59 Å². The van der Waals surface area contributed by atoms with Crippen LogP contribution in [0.15, 0.2) is 29.9 Å². The van der Waals surface area contributed by atoms with Crippen molar-refractivity contribution in [2.75, 3.05) is 0 Å². The van der Waals surface area contributed by atoms with Gasteiger partial charge in [0, 0.05) is 23.3 Å². The Morgan fingerprint density at radius 3 is 2.25 bits per heavy atom. The highest BCUT2D eigenvalue weighted by molar-refractivity contribution is 7.13. The fraction of sp³-hybridized carbons (Fsp3) is 0.429. The Labute approximate surface area is 123 Å². The summed E-state index contributed by atoms with van der Waals surface area (Å²) in [5.74, 6) is 0. The first-order valence-electron chi connectivity index (χ1n) is 6.60. The molecule has 0 radical (unpaired) electrons. The smallest absolute Gasteiger partial charge is 0.398 e. The number of hydrogen-bond acceptors (Lipinski definition) is 5. The van der Waals surface area contributed by atoms with Gasteiger partial charge in [0.1, 0.15) is 5.01 Å². The molecule has 2 aromatic heterocycles. The molecule has 3 rings (SSSR count). The van der Waals surface area contributed by atoms with Gasteiger partial charge >= 0.3 is 7.12 Å². The van der Waals surface area contributed by atoms with E-state index in [1.165, 1.54) is 0 Å². The first kappa shape index (κ1) is 13.7. The van der Waals surface area contributed by atoms with Gasteiger partial charge in [-0.05, 0) is 39.8 Å². The molecule has 0 bridgehead atoms. The van der Waals surface area contributed by atoms with E-state index in [2.05, 4.69) is 9.97 Å². The number of nitrogens with zero attached hydrogens (tertiary/aromatic N) is 2. The average molecular weight is 288 g/mol. The second-order valence-corrected chi connectivity index (χ2v) is 6.79. The van der Waals surface area contributed by atoms with Gasteiger partial charge in [0.15, 0.2) is 0 Å². The van der Waals surface area contributed by atoms with Crippen molar-refractivity contribution in [2.45, 2.75) is 38.9 Å². The second-order valence-electron chi connectivity index (χ2n) is 5.90. The van der Waals surface area contributed by atoms with Crippen LogP contribution in [0.25, 0.3) is 10.6 Å². The molecule has 3 heterocycles. The standard InChI is InChI=1S/C14H17BN2O2S/c1-13(2)14(3,4)19-15(18-13)11-6-5-10(9-17-11)12-16-7-8-20-12/h5-9H,1-4H3. The summed E-state index contributed by atoms with van der Waals surface area (Å²) >= 11 is 1.60. The van der Waals surface area contributed by atoms with Crippen molar-refractivity contribution in [1.29, 1.82) is 0 Å². The number of pyridine rings is 1. The molecular formula is C14H17BN2O2S. The molecule has 0 spiro atoms. The molecule has 6 heteroatoms. The summed E-state index contributed by atoms with van der Waals surface area (Å²) in [7, 11) is -0.412. The summed E-state index contributed by atoms with van der Waals surface area (Å²) in [4.78, 5) is 8.74. The third-order valence-corrected chi connectivity index (χ3v) is 4.78. The van der Waals surface area contributed by atoms with Crippen LogP contribution in [0, 0.1) is 0 Å². The van der Waals surface area contributed by atoms with Crippen LogP contribution in [0.4, 0.5) is 0 Å². The molecule has 0 aromatic carbocycles. The van der Waals surface area contributed by atoms with Gasteiger partial charge < -0.3 is 9.31 Å². The lowest BCUT2D eigenvalue weighted by atomic mass is 9.84. The lowest BCUT2D eigenvalue weighted by molar-refractivity contribution is 0.00578. The lowest BCUT2D eigenvalue weighted by Gasteiger charge is -2.32. The second kappa shape index (κ2) is 4.65. The molecule has 1 aliphatic rings. The van der Waals surface area contributed by atoms with Crippen LogP contribution in [0.5, 0.6) is 0 Å². The van der Waals surface area contributed by atoms with E-state index in [1.54, 1.807) is 17.5 Å². The van der Waals surface area contributed by atoms with Gasteiger partial charge in [-0.25, -0.2) is 4.98 Å². The van der Waals surface area contributed by atoms with E-state index in [0.29, 0.717) is 0 Å². The van der Waals surface area contributed by atoms with Gasteiger partial charge in [-0.2, -0.15) is 0 Å². The first-order chi connectivity index (χ1) is 9.39. The third kappa shape index (κ3) is 2.28. The quantitative estimate of drug-likeness (QED) is 0.796. The Morgan fingerprint density at radius 2 is 1.75 bits per heavy atom. The molecule has 1 saturated heterocycles. The van der Waals surface area contributed by atoms with Crippen molar-refractivity contribution in [1.82, 2.24) is 9.97 Å². The van der Waals surface area contributed by atoms with E-state index in [4.69, 9.17) is 9.31 Å². The molecule has 2 aromatic rings. The van der Waals surface area contributed by atoms with Gasteiger partial charge in [-0.3, -0.25) is 4.98 Å². The summed E-state index contributed by atoms with van der Waals surface area (Å²) in [6.07, 6.45) is 3.61. The minimum Gasteiger partial charge on any atom is -0.398 e. The SMILES string of the molecule is CC1(C)OB(c2ccc(-c3nccs3)cn2)OC1(C)C. The molecule has 20 heavy (non-hydrogen) atoms. The maximum atomic E-state index is 5.98. The third-order valence-electron chi connectivity index (χ3n) is 3.96. The van der Waals surface area contributed by atoms with Crippen LogP contribution in [-0.4, -0.2) is 28.3 Å². The van der Waals surface area contributed by atoms with Crippen LogP contribution in [0.3, 0.4) is 0 Å². The summed E-state index contributed by atoms with van der Waals surface area (Å²) in [6, 6.07) is 3.95. The molecular weight excluding hydrogens is 271 g/mol.